The summed E-state index contributed by atoms with van der Waals surface area (Å²) in [5, 5.41) is 0. The lowest BCUT2D eigenvalue weighted by Crippen LogP contribution is -2.24. The van der Waals surface area contributed by atoms with Crippen LogP contribution < -0.4 is 11.5 Å². The van der Waals surface area contributed by atoms with Crippen LogP contribution in [0.4, 0.5) is 26.3 Å². The third-order valence-corrected chi connectivity index (χ3v) is 4.79. The molecule has 156 valence electrons. The fourth-order valence-corrected chi connectivity index (χ4v) is 3.53. The molecule has 4 N–H and O–H groups in total. The van der Waals surface area contributed by atoms with Gasteiger partial charge in [0.15, 0.2) is 5.96 Å². The molecule has 2 rings (SSSR count). The predicted octanol–water partition coefficient (Wildman–Crippen LogP) is 4.85. The second-order valence-corrected chi connectivity index (χ2v) is 6.94. The smallest absolute Gasteiger partial charge is 0.370 e. The van der Waals surface area contributed by atoms with Crippen molar-refractivity contribution in [2.24, 2.45) is 16.5 Å². The summed E-state index contributed by atoms with van der Waals surface area (Å²) in [6.07, 6.45) is -9.31. The van der Waals surface area contributed by atoms with Crippen molar-refractivity contribution >= 4 is 23.6 Å². The molecule has 0 saturated carbocycles. The number of halogens is 6. The van der Waals surface area contributed by atoms with Crippen LogP contribution in [0.15, 0.2) is 51.2 Å². The molecular formula is C18H15F6N3OS. The van der Waals surface area contributed by atoms with Crippen LogP contribution in [0, 0.1) is 0 Å². The number of nitrogens with two attached hydrogens (primary N) is 2. The van der Waals surface area contributed by atoms with Gasteiger partial charge in [0.25, 0.3) is 5.91 Å². The first-order valence-electron chi connectivity index (χ1n) is 8.06. The molecule has 0 heterocycles. The molecule has 1 amide bonds. The summed E-state index contributed by atoms with van der Waals surface area (Å²) in [5.41, 5.74) is 7.97. The van der Waals surface area contributed by atoms with Crippen molar-refractivity contribution in [3.05, 3.63) is 58.7 Å². The van der Waals surface area contributed by atoms with Gasteiger partial charge in [0.1, 0.15) is 0 Å². The van der Waals surface area contributed by atoms with Crippen molar-refractivity contribution in [2.45, 2.75) is 35.5 Å². The van der Waals surface area contributed by atoms with E-state index in [4.69, 9.17) is 11.5 Å². The third kappa shape index (κ3) is 5.66. The molecule has 0 atom stereocenters. The zero-order valence-electron chi connectivity index (χ0n) is 14.9. The van der Waals surface area contributed by atoms with Crippen LogP contribution in [0.5, 0.6) is 0 Å². The number of aryl methyl sites for hydroxylation is 1. The van der Waals surface area contributed by atoms with Crippen molar-refractivity contribution < 1.29 is 31.1 Å². The van der Waals surface area contributed by atoms with E-state index in [0.717, 1.165) is 24.3 Å². The highest BCUT2D eigenvalue weighted by Crippen LogP contribution is 2.42. The maximum absolute atomic E-state index is 13.6. The Labute approximate surface area is 166 Å². The van der Waals surface area contributed by atoms with Crippen molar-refractivity contribution in [1.29, 1.82) is 0 Å². The van der Waals surface area contributed by atoms with Gasteiger partial charge in [-0.2, -0.15) is 31.3 Å². The summed E-state index contributed by atoms with van der Waals surface area (Å²) in [4.78, 5) is 15.0. The standard InChI is InChI=1S/C18H15F6N3OS/c1-2-9-6-14(29-11-5-3-4-10(7-11)17(19,20)21)13(18(22,23)24)8-12(9)15(28)27-16(25)26/h3-8H,2H2,1H3,(H4,25,26,27,28). The fraction of sp³-hybridized carbons (Fsp3) is 0.222. The van der Waals surface area contributed by atoms with Crippen LogP contribution in [0.1, 0.15) is 34.0 Å². The first-order chi connectivity index (χ1) is 13.3. The normalized spacial score (nSPS) is 12.0. The number of guanidine groups is 1. The minimum atomic E-state index is -4.86. The molecule has 0 bridgehead atoms. The van der Waals surface area contributed by atoms with E-state index < -0.39 is 35.3 Å². The highest BCUT2D eigenvalue weighted by Gasteiger charge is 2.36. The number of hydrogen-bond donors (Lipinski definition) is 2. The summed E-state index contributed by atoms with van der Waals surface area (Å²) >= 11 is 0.519. The van der Waals surface area contributed by atoms with Crippen molar-refractivity contribution in [1.82, 2.24) is 0 Å². The highest BCUT2D eigenvalue weighted by molar-refractivity contribution is 7.99. The van der Waals surface area contributed by atoms with Crippen LogP contribution in [-0.2, 0) is 18.8 Å². The number of benzene rings is 2. The zero-order valence-corrected chi connectivity index (χ0v) is 15.7. The molecule has 11 heteroatoms. The van der Waals surface area contributed by atoms with Crippen LogP contribution >= 0.6 is 11.8 Å². The SMILES string of the molecule is CCc1cc(Sc2cccc(C(F)(F)F)c2)c(C(F)(F)F)cc1C(=O)N=C(N)N. The topological polar surface area (TPSA) is 81.5 Å². The summed E-state index contributed by atoms with van der Waals surface area (Å²) in [6.45, 7) is 1.60. The summed E-state index contributed by atoms with van der Waals surface area (Å²) in [6, 6.07) is 5.69. The Bertz CT molecular complexity index is 950. The lowest BCUT2D eigenvalue weighted by Gasteiger charge is -2.17. The Balaban J connectivity index is 2.60. The number of nitrogens with zero attached hydrogens (tertiary/aromatic N) is 1. The van der Waals surface area contributed by atoms with Crippen LogP contribution in [0.2, 0.25) is 0 Å². The molecule has 0 aromatic heterocycles. The van der Waals surface area contributed by atoms with Gasteiger partial charge in [-0.1, -0.05) is 24.8 Å². The lowest BCUT2D eigenvalue weighted by molar-refractivity contribution is -0.140. The average Bonchev–Trinajstić information content (AvgIpc) is 2.59. The number of aliphatic imine (C=N–C) groups is 1. The number of carbonyl (C=O) groups is 1. The van der Waals surface area contributed by atoms with E-state index in [1.54, 1.807) is 6.92 Å². The van der Waals surface area contributed by atoms with Crippen molar-refractivity contribution in [3.8, 4) is 0 Å². The van der Waals surface area contributed by atoms with E-state index in [9.17, 15) is 31.1 Å². The number of rotatable bonds is 4. The highest BCUT2D eigenvalue weighted by atomic mass is 32.2. The maximum Gasteiger partial charge on any atom is 0.417 e. The van der Waals surface area contributed by atoms with Gasteiger partial charge in [-0.15, -0.1) is 0 Å². The van der Waals surface area contributed by atoms with Gasteiger partial charge >= 0.3 is 12.4 Å². The van der Waals surface area contributed by atoms with E-state index in [0.29, 0.717) is 17.8 Å². The van der Waals surface area contributed by atoms with Gasteiger partial charge in [-0.3, -0.25) is 4.79 Å². The third-order valence-electron chi connectivity index (χ3n) is 3.74. The Morgan fingerprint density at radius 1 is 1.03 bits per heavy atom. The molecule has 0 unspecified atom stereocenters. The Morgan fingerprint density at radius 2 is 1.69 bits per heavy atom. The van der Waals surface area contributed by atoms with E-state index in [-0.39, 0.29) is 27.3 Å². The summed E-state index contributed by atoms with van der Waals surface area (Å²) in [5.74, 6) is -1.64. The van der Waals surface area contributed by atoms with Gasteiger partial charge in [0.2, 0.25) is 0 Å². The Morgan fingerprint density at radius 3 is 2.21 bits per heavy atom. The molecule has 0 aliphatic heterocycles. The molecule has 0 fully saturated rings. The minimum absolute atomic E-state index is 0.0318. The minimum Gasteiger partial charge on any atom is -0.370 e. The first-order valence-corrected chi connectivity index (χ1v) is 8.87. The second-order valence-electron chi connectivity index (χ2n) is 5.83. The summed E-state index contributed by atoms with van der Waals surface area (Å²) < 4.78 is 79.4. The van der Waals surface area contributed by atoms with Gasteiger partial charge < -0.3 is 11.5 Å². The van der Waals surface area contributed by atoms with Crippen molar-refractivity contribution in [3.63, 3.8) is 0 Å². The van der Waals surface area contributed by atoms with Gasteiger partial charge in [-0.05, 0) is 42.3 Å². The van der Waals surface area contributed by atoms with E-state index >= 15 is 0 Å². The molecule has 4 nitrogen and oxygen atoms in total. The molecule has 0 aliphatic rings. The molecule has 2 aromatic carbocycles. The molecule has 0 spiro atoms. The molecule has 29 heavy (non-hydrogen) atoms. The molecule has 0 radical (unpaired) electrons. The Hall–Kier alpha value is -2.69. The average molecular weight is 435 g/mol. The largest absolute Gasteiger partial charge is 0.417 e. The van der Waals surface area contributed by atoms with E-state index in [1.807, 2.05) is 0 Å². The molecule has 2 aromatic rings. The number of amides is 1. The Kier molecular flexibility index (Phi) is 6.51. The summed E-state index contributed by atoms with van der Waals surface area (Å²) in [7, 11) is 0. The monoisotopic (exact) mass is 435 g/mol. The van der Waals surface area contributed by atoms with Crippen LogP contribution in [0.3, 0.4) is 0 Å². The quantitative estimate of drug-likeness (QED) is 0.409. The predicted molar refractivity (Wildman–Crippen MR) is 96.5 cm³/mol. The van der Waals surface area contributed by atoms with Gasteiger partial charge in [-0.25, -0.2) is 0 Å². The number of alkyl halides is 6. The maximum atomic E-state index is 13.6. The lowest BCUT2D eigenvalue weighted by atomic mass is 10.0. The first kappa shape index (κ1) is 22.6. The van der Waals surface area contributed by atoms with Gasteiger partial charge in [0, 0.05) is 15.4 Å². The molecule has 0 saturated heterocycles. The number of carbonyl (C=O) groups excluding carboxylic acids is 1. The number of hydrogen-bond acceptors (Lipinski definition) is 2. The fourth-order valence-electron chi connectivity index (χ4n) is 2.46. The van der Waals surface area contributed by atoms with Gasteiger partial charge in [0.05, 0.1) is 11.1 Å². The van der Waals surface area contributed by atoms with Crippen molar-refractivity contribution in [2.75, 3.05) is 0 Å². The molecular weight excluding hydrogens is 420 g/mol. The van der Waals surface area contributed by atoms with E-state index in [1.165, 1.54) is 6.07 Å². The van der Waals surface area contributed by atoms with Crippen LogP contribution in [0.25, 0.3) is 0 Å². The second kappa shape index (κ2) is 8.36. The molecule has 0 aliphatic carbocycles. The van der Waals surface area contributed by atoms with E-state index in [2.05, 4.69) is 4.99 Å². The zero-order chi connectivity index (χ0) is 22.0. The van der Waals surface area contributed by atoms with Crippen LogP contribution in [-0.4, -0.2) is 11.9 Å².